The molecule has 272 valence electrons. The van der Waals surface area contributed by atoms with Crippen LogP contribution in [0.25, 0.3) is 110 Å². The van der Waals surface area contributed by atoms with E-state index in [-0.39, 0.29) is 5.41 Å². The number of benzene rings is 9. The molecule has 0 radical (unpaired) electrons. The average molecular weight is 741 g/mol. The Morgan fingerprint density at radius 2 is 0.966 bits per heavy atom. The minimum absolute atomic E-state index is 0.0843. The van der Waals surface area contributed by atoms with Gasteiger partial charge in [-0.25, -0.2) is 0 Å². The van der Waals surface area contributed by atoms with Gasteiger partial charge in [-0.2, -0.15) is 0 Å². The Morgan fingerprint density at radius 1 is 0.379 bits per heavy atom. The van der Waals surface area contributed by atoms with Gasteiger partial charge in [-0.15, -0.1) is 0 Å². The van der Waals surface area contributed by atoms with E-state index in [1.807, 2.05) is 0 Å². The predicted molar refractivity (Wildman–Crippen MR) is 243 cm³/mol. The molecule has 1 aliphatic carbocycles. The van der Waals surface area contributed by atoms with E-state index < -0.39 is 0 Å². The largest absolute Gasteiger partial charge is 0.456 e. The molecule has 0 atom stereocenters. The predicted octanol–water partition coefficient (Wildman–Crippen LogP) is 14.9. The van der Waals surface area contributed by atoms with Gasteiger partial charge in [-0.1, -0.05) is 117 Å². The lowest BCUT2D eigenvalue weighted by Crippen LogP contribution is -2.14. The summed E-state index contributed by atoms with van der Waals surface area (Å²) >= 11 is 0. The number of rotatable bonds is 3. The Bertz CT molecular complexity index is 3690. The van der Waals surface area contributed by atoms with E-state index in [0.717, 1.165) is 27.8 Å². The van der Waals surface area contributed by atoms with Gasteiger partial charge in [0.25, 0.3) is 0 Å². The van der Waals surface area contributed by atoms with Crippen LogP contribution < -0.4 is 0 Å². The summed E-state index contributed by atoms with van der Waals surface area (Å²) in [6.07, 6.45) is 0. The summed E-state index contributed by atoms with van der Waals surface area (Å²) in [6.45, 7) is 4.73. The Hall–Kier alpha value is -7.36. The van der Waals surface area contributed by atoms with E-state index in [4.69, 9.17) is 4.42 Å². The van der Waals surface area contributed by atoms with Gasteiger partial charge in [0.1, 0.15) is 11.2 Å². The molecule has 3 heteroatoms. The Morgan fingerprint density at radius 3 is 1.67 bits per heavy atom. The molecule has 1 aliphatic rings. The maximum Gasteiger partial charge on any atom is 0.137 e. The van der Waals surface area contributed by atoms with Crippen LogP contribution in [0.3, 0.4) is 0 Å². The Kier molecular flexibility index (Phi) is 6.23. The van der Waals surface area contributed by atoms with Crippen molar-refractivity contribution < 1.29 is 4.42 Å². The summed E-state index contributed by atoms with van der Waals surface area (Å²) in [5.41, 5.74) is 16.6. The Labute approximate surface area is 334 Å². The molecule has 0 bridgehead atoms. The molecule has 3 heterocycles. The molecule has 3 aromatic heterocycles. The quantitative estimate of drug-likeness (QED) is 0.177. The number of aromatic nitrogens is 2. The molecular weight excluding hydrogens is 705 g/mol. The van der Waals surface area contributed by atoms with E-state index in [1.54, 1.807) is 0 Å². The lowest BCUT2D eigenvalue weighted by molar-refractivity contribution is 0.661. The molecular formula is C55H36N2O. The number of fused-ring (bicyclic) bond motifs is 14. The van der Waals surface area contributed by atoms with Gasteiger partial charge in [0.05, 0.1) is 22.1 Å². The number of furan rings is 1. The van der Waals surface area contributed by atoms with Crippen molar-refractivity contribution in [2.45, 2.75) is 19.3 Å². The van der Waals surface area contributed by atoms with Crippen LogP contribution in [0.5, 0.6) is 0 Å². The zero-order valence-electron chi connectivity index (χ0n) is 32.1. The summed E-state index contributed by atoms with van der Waals surface area (Å²) in [5, 5.41) is 9.70. The molecule has 0 aliphatic heterocycles. The molecule has 3 nitrogen and oxygen atoms in total. The van der Waals surface area contributed by atoms with Crippen molar-refractivity contribution in [3.8, 4) is 33.6 Å². The molecule has 0 saturated heterocycles. The molecule has 58 heavy (non-hydrogen) atoms. The third-order valence-corrected chi connectivity index (χ3v) is 13.1. The molecule has 0 amide bonds. The minimum atomic E-state index is -0.0843. The van der Waals surface area contributed by atoms with E-state index in [0.29, 0.717) is 0 Å². The zero-order valence-corrected chi connectivity index (χ0v) is 32.1. The van der Waals surface area contributed by atoms with Crippen molar-refractivity contribution >= 4 is 76.3 Å². The van der Waals surface area contributed by atoms with E-state index >= 15 is 0 Å². The van der Waals surface area contributed by atoms with Crippen molar-refractivity contribution in [2.24, 2.45) is 0 Å². The van der Waals surface area contributed by atoms with Crippen molar-refractivity contribution in [1.29, 1.82) is 0 Å². The average Bonchev–Trinajstić information content (AvgIpc) is 3.97. The maximum atomic E-state index is 6.60. The lowest BCUT2D eigenvalue weighted by atomic mass is 9.82. The number of nitrogens with zero attached hydrogens (tertiary/aromatic N) is 2. The Balaban J connectivity index is 1.08. The normalized spacial score (nSPS) is 13.5. The second kappa shape index (κ2) is 11.4. The van der Waals surface area contributed by atoms with Crippen LogP contribution in [0.15, 0.2) is 186 Å². The fourth-order valence-corrected chi connectivity index (χ4v) is 10.3. The van der Waals surface area contributed by atoms with Crippen LogP contribution >= 0.6 is 0 Å². The molecule has 0 spiro atoms. The smallest absolute Gasteiger partial charge is 0.137 e. The molecule has 0 fully saturated rings. The monoisotopic (exact) mass is 740 g/mol. The SMILES string of the molecule is CC1(C)c2ccccc2-c2cc3c4cc(-c5ccc6c(c5)c5cc7c(cc5n6-c5ccccc5)oc5ccc6ccccc6c57)ccc4n(-c4ccccc4)c3cc21. The van der Waals surface area contributed by atoms with Gasteiger partial charge in [0.2, 0.25) is 0 Å². The number of hydrogen-bond donors (Lipinski definition) is 0. The lowest BCUT2D eigenvalue weighted by Gasteiger charge is -2.21. The first-order chi connectivity index (χ1) is 28.5. The first-order valence-corrected chi connectivity index (χ1v) is 20.2. The van der Waals surface area contributed by atoms with Crippen LogP contribution in [0, 0.1) is 0 Å². The highest BCUT2D eigenvalue weighted by molar-refractivity contribution is 6.23. The highest BCUT2D eigenvalue weighted by atomic mass is 16.3. The molecule has 0 saturated carbocycles. The minimum Gasteiger partial charge on any atom is -0.456 e. The summed E-state index contributed by atoms with van der Waals surface area (Å²) in [5.74, 6) is 0. The molecule has 0 N–H and O–H groups in total. The van der Waals surface area contributed by atoms with E-state index in [9.17, 15) is 0 Å². The highest BCUT2D eigenvalue weighted by Gasteiger charge is 2.36. The van der Waals surface area contributed by atoms with E-state index in [2.05, 4.69) is 205 Å². The summed E-state index contributed by atoms with van der Waals surface area (Å²) < 4.78 is 11.4. The molecule has 0 unspecified atom stereocenters. The topological polar surface area (TPSA) is 23.0 Å². The molecule has 13 rings (SSSR count). The molecule has 12 aromatic rings. The van der Waals surface area contributed by atoms with Crippen molar-refractivity contribution in [2.75, 3.05) is 0 Å². The van der Waals surface area contributed by atoms with Crippen molar-refractivity contribution in [1.82, 2.24) is 9.13 Å². The molecule has 9 aromatic carbocycles. The summed E-state index contributed by atoms with van der Waals surface area (Å²) in [6, 6.07) is 66.9. The fraction of sp³-hybridized carbons (Fsp3) is 0.0545. The van der Waals surface area contributed by atoms with Crippen LogP contribution in [0.2, 0.25) is 0 Å². The van der Waals surface area contributed by atoms with Gasteiger partial charge in [0.15, 0.2) is 0 Å². The summed E-state index contributed by atoms with van der Waals surface area (Å²) in [7, 11) is 0. The van der Waals surface area contributed by atoms with Gasteiger partial charge in [0, 0.05) is 55.2 Å². The third-order valence-electron chi connectivity index (χ3n) is 13.1. The maximum absolute atomic E-state index is 6.60. The van der Waals surface area contributed by atoms with Gasteiger partial charge in [-0.05, 0) is 117 Å². The summed E-state index contributed by atoms with van der Waals surface area (Å²) in [4.78, 5) is 0. The first-order valence-electron chi connectivity index (χ1n) is 20.2. The first kappa shape index (κ1) is 31.8. The van der Waals surface area contributed by atoms with Crippen LogP contribution in [0.4, 0.5) is 0 Å². The van der Waals surface area contributed by atoms with Crippen LogP contribution in [0.1, 0.15) is 25.0 Å². The second-order valence-corrected chi connectivity index (χ2v) is 16.5. The van der Waals surface area contributed by atoms with Gasteiger partial charge >= 0.3 is 0 Å². The van der Waals surface area contributed by atoms with Crippen LogP contribution in [-0.4, -0.2) is 9.13 Å². The highest BCUT2D eigenvalue weighted by Crippen LogP contribution is 2.51. The van der Waals surface area contributed by atoms with Crippen LogP contribution in [-0.2, 0) is 5.41 Å². The zero-order chi connectivity index (χ0) is 38.3. The van der Waals surface area contributed by atoms with E-state index in [1.165, 1.54) is 93.3 Å². The van der Waals surface area contributed by atoms with Gasteiger partial charge in [-0.3, -0.25) is 0 Å². The van der Waals surface area contributed by atoms with Crippen molar-refractivity contribution in [3.63, 3.8) is 0 Å². The van der Waals surface area contributed by atoms with Crippen molar-refractivity contribution in [3.05, 3.63) is 193 Å². The van der Waals surface area contributed by atoms with Gasteiger partial charge < -0.3 is 13.6 Å². The number of para-hydroxylation sites is 2. The standard InChI is InChI=1S/C55H36N2O/c1-55(2)46-20-12-11-19-39(46)40-29-43-41-27-34(21-24-48(41)56(50(43)31-47(40)55)36-14-5-3-6-15-36)35-22-25-49-42(28-35)44-30-45-53(32-51(44)57(49)37-16-7-4-8-17-37)58-52-26-23-33-13-9-10-18-38(33)54(45)52/h3-32H,1-2H3. The second-order valence-electron chi connectivity index (χ2n) is 16.5. The fourth-order valence-electron chi connectivity index (χ4n) is 10.3. The third kappa shape index (κ3) is 4.23. The number of hydrogen-bond acceptors (Lipinski definition) is 1.